The number of fused-ring (bicyclic) bond motifs is 2. The van der Waals surface area contributed by atoms with E-state index in [4.69, 9.17) is 5.11 Å². The minimum Gasteiger partial charge on any atom is -0.481 e. The number of carboxylic acids is 1. The van der Waals surface area contributed by atoms with Crippen LogP contribution < -0.4 is 4.72 Å². The molecule has 0 heterocycles. The molecule has 1 aromatic carbocycles. The maximum absolute atomic E-state index is 12.9. The van der Waals surface area contributed by atoms with E-state index in [2.05, 4.69) is 24.6 Å². The molecule has 160 valence electrons. The van der Waals surface area contributed by atoms with Crippen LogP contribution in [0.15, 0.2) is 42.5 Å². The molecule has 29 heavy (non-hydrogen) atoms. The van der Waals surface area contributed by atoms with Crippen molar-refractivity contribution < 1.29 is 18.3 Å². The minimum atomic E-state index is -3.41. The summed E-state index contributed by atoms with van der Waals surface area (Å²) >= 11 is 0. The number of carbonyl (C=O) groups is 1. The van der Waals surface area contributed by atoms with E-state index in [1.54, 1.807) is 0 Å². The molecule has 2 N–H and O–H groups in total. The zero-order chi connectivity index (χ0) is 21.1. The van der Waals surface area contributed by atoms with Gasteiger partial charge in [-0.3, -0.25) is 4.79 Å². The molecule has 6 heteroatoms. The molecule has 0 aromatic heterocycles. The van der Waals surface area contributed by atoms with Crippen molar-refractivity contribution in [2.45, 2.75) is 64.2 Å². The molecule has 0 aliphatic heterocycles. The van der Waals surface area contributed by atoms with Crippen LogP contribution in [0.3, 0.4) is 0 Å². The summed E-state index contributed by atoms with van der Waals surface area (Å²) in [6.45, 7) is 4.53. The number of allylic oxidation sites excluding steroid dienone is 2. The molecule has 3 aliphatic rings. The average molecular weight is 420 g/mol. The molecule has 2 bridgehead atoms. The van der Waals surface area contributed by atoms with Gasteiger partial charge in [-0.15, -0.1) is 0 Å². The molecular formula is C23H33NO4S. The molecule has 4 atom stereocenters. The Morgan fingerprint density at radius 1 is 1.21 bits per heavy atom. The fourth-order valence-electron chi connectivity index (χ4n) is 5.13. The van der Waals surface area contributed by atoms with E-state index in [9.17, 15) is 13.2 Å². The third-order valence-electron chi connectivity index (χ3n) is 6.96. The van der Waals surface area contributed by atoms with Gasteiger partial charge in [0.05, 0.1) is 5.75 Å². The Labute approximate surface area is 174 Å². The maximum Gasteiger partial charge on any atom is 0.303 e. The van der Waals surface area contributed by atoms with Crippen LogP contribution in [-0.4, -0.2) is 25.5 Å². The van der Waals surface area contributed by atoms with Crippen LogP contribution in [0.4, 0.5) is 0 Å². The topological polar surface area (TPSA) is 83.5 Å². The van der Waals surface area contributed by atoms with Crippen LogP contribution in [0.1, 0.15) is 57.9 Å². The minimum absolute atomic E-state index is 0.0126. The Morgan fingerprint density at radius 2 is 1.93 bits per heavy atom. The highest BCUT2D eigenvalue weighted by molar-refractivity contribution is 7.88. The molecule has 3 aliphatic carbocycles. The van der Waals surface area contributed by atoms with Gasteiger partial charge < -0.3 is 5.11 Å². The molecule has 0 spiro atoms. The highest BCUT2D eigenvalue weighted by Crippen LogP contribution is 2.61. The van der Waals surface area contributed by atoms with Gasteiger partial charge in [0.1, 0.15) is 0 Å². The van der Waals surface area contributed by atoms with Gasteiger partial charge in [-0.1, -0.05) is 56.3 Å². The number of sulfonamides is 1. The zero-order valence-corrected chi connectivity index (χ0v) is 18.2. The zero-order valence-electron chi connectivity index (χ0n) is 17.4. The summed E-state index contributed by atoms with van der Waals surface area (Å²) < 4.78 is 28.8. The molecule has 4 unspecified atom stereocenters. The van der Waals surface area contributed by atoms with Crippen LogP contribution in [-0.2, 0) is 20.6 Å². The molecule has 0 radical (unpaired) electrons. The predicted molar refractivity (Wildman–Crippen MR) is 115 cm³/mol. The van der Waals surface area contributed by atoms with Crippen molar-refractivity contribution in [3.63, 3.8) is 0 Å². The molecule has 0 amide bonds. The summed E-state index contributed by atoms with van der Waals surface area (Å²) in [5, 5.41) is 8.72. The summed E-state index contributed by atoms with van der Waals surface area (Å²) in [5.74, 6) is 0.581. The van der Waals surface area contributed by atoms with E-state index in [0.717, 1.165) is 31.2 Å². The number of hydrogen-bond acceptors (Lipinski definition) is 3. The number of nitrogens with one attached hydrogen (secondary N) is 1. The Balaban J connectivity index is 1.63. The largest absolute Gasteiger partial charge is 0.481 e. The second-order valence-corrected chi connectivity index (χ2v) is 11.0. The van der Waals surface area contributed by atoms with Crippen molar-refractivity contribution >= 4 is 16.0 Å². The van der Waals surface area contributed by atoms with Gasteiger partial charge in [-0.2, -0.15) is 0 Å². The first-order chi connectivity index (χ1) is 13.7. The van der Waals surface area contributed by atoms with Crippen LogP contribution >= 0.6 is 0 Å². The van der Waals surface area contributed by atoms with E-state index < -0.39 is 16.0 Å². The van der Waals surface area contributed by atoms with Crippen molar-refractivity contribution in [1.82, 2.24) is 4.72 Å². The van der Waals surface area contributed by atoms with Crippen molar-refractivity contribution in [2.75, 3.05) is 0 Å². The monoisotopic (exact) mass is 419 g/mol. The van der Waals surface area contributed by atoms with Crippen LogP contribution in [0, 0.1) is 23.2 Å². The summed E-state index contributed by atoms with van der Waals surface area (Å²) in [6.07, 6.45) is 8.73. The van der Waals surface area contributed by atoms with Gasteiger partial charge in [-0.05, 0) is 60.8 Å². The molecule has 3 saturated carbocycles. The van der Waals surface area contributed by atoms with E-state index in [-0.39, 0.29) is 23.6 Å². The average Bonchev–Trinajstić information content (AvgIpc) is 2.65. The number of rotatable bonds is 10. The molecular weight excluding hydrogens is 386 g/mol. The second-order valence-electron chi connectivity index (χ2n) is 9.24. The summed E-state index contributed by atoms with van der Waals surface area (Å²) in [6, 6.07) is 9.28. The maximum atomic E-state index is 12.9. The van der Waals surface area contributed by atoms with E-state index in [1.807, 2.05) is 36.4 Å². The first kappa shape index (κ1) is 22.0. The fourth-order valence-corrected chi connectivity index (χ4v) is 6.62. The Hall–Kier alpha value is -1.66. The molecule has 5 nitrogen and oxygen atoms in total. The van der Waals surface area contributed by atoms with Gasteiger partial charge in [0, 0.05) is 12.5 Å². The Bertz CT molecular complexity index is 832. The third kappa shape index (κ3) is 5.48. The number of unbranched alkanes of at least 4 members (excludes halogenated alkanes) is 1. The highest BCUT2D eigenvalue weighted by Gasteiger charge is 2.57. The summed E-state index contributed by atoms with van der Waals surface area (Å²) in [7, 11) is -3.41. The number of hydrogen-bond donors (Lipinski definition) is 2. The first-order valence-corrected chi connectivity index (χ1v) is 12.2. The quantitative estimate of drug-likeness (QED) is 0.436. The lowest BCUT2D eigenvalue weighted by molar-refractivity contribution is -0.137. The van der Waals surface area contributed by atoms with Crippen LogP contribution in [0.25, 0.3) is 0 Å². The molecule has 1 aromatic rings. The Morgan fingerprint density at radius 3 is 2.59 bits per heavy atom. The fraction of sp³-hybridized carbons (Fsp3) is 0.609. The molecule has 3 fully saturated rings. The van der Waals surface area contributed by atoms with Gasteiger partial charge in [0.2, 0.25) is 10.0 Å². The lowest BCUT2D eigenvalue weighted by Gasteiger charge is -2.62. The third-order valence-corrected chi connectivity index (χ3v) is 8.30. The van der Waals surface area contributed by atoms with Gasteiger partial charge in [0.25, 0.3) is 0 Å². The van der Waals surface area contributed by atoms with E-state index in [1.165, 1.54) is 0 Å². The van der Waals surface area contributed by atoms with Crippen molar-refractivity contribution in [3.05, 3.63) is 48.0 Å². The van der Waals surface area contributed by atoms with Crippen LogP contribution in [0.5, 0.6) is 0 Å². The highest BCUT2D eigenvalue weighted by atomic mass is 32.2. The summed E-state index contributed by atoms with van der Waals surface area (Å²) in [4.78, 5) is 10.6. The first-order valence-electron chi connectivity index (χ1n) is 10.6. The SMILES string of the molecule is CC1(C)C2CC(C/C=C/CCCC(=O)O)C(NS(=O)(=O)Cc3ccccc3)C1C2. The van der Waals surface area contributed by atoms with Gasteiger partial charge in [-0.25, -0.2) is 13.1 Å². The van der Waals surface area contributed by atoms with Crippen molar-refractivity contribution in [2.24, 2.45) is 23.2 Å². The number of aliphatic carboxylic acids is 1. The van der Waals surface area contributed by atoms with E-state index in [0.29, 0.717) is 24.2 Å². The van der Waals surface area contributed by atoms with Gasteiger partial charge >= 0.3 is 5.97 Å². The lowest BCUT2D eigenvalue weighted by Crippen LogP contribution is -2.63. The second kappa shape index (κ2) is 9.00. The van der Waals surface area contributed by atoms with Crippen molar-refractivity contribution in [3.8, 4) is 0 Å². The van der Waals surface area contributed by atoms with Gasteiger partial charge in [0.15, 0.2) is 0 Å². The normalized spacial score (nSPS) is 28.2. The molecule has 0 saturated heterocycles. The standard InChI is InChI=1S/C23H33NO4S/c1-23(2)19-14-18(12-8-3-4-9-13-21(25)26)22(20(23)15-19)24-29(27,28)16-17-10-6-5-7-11-17/h3,5-8,10-11,18-20,22,24H,4,9,12-16H2,1-2H3,(H,25,26)/b8-3+. The summed E-state index contributed by atoms with van der Waals surface area (Å²) in [5.41, 5.74) is 0.984. The van der Waals surface area contributed by atoms with Crippen molar-refractivity contribution in [1.29, 1.82) is 0 Å². The Kier molecular flexibility index (Phi) is 6.84. The smallest absolute Gasteiger partial charge is 0.303 e. The number of carboxylic acid groups (broad SMARTS) is 1. The molecule has 4 rings (SSSR count). The predicted octanol–water partition coefficient (Wildman–Crippen LogP) is 4.36. The number of benzene rings is 1. The lowest BCUT2D eigenvalue weighted by atomic mass is 9.45. The van der Waals surface area contributed by atoms with Crippen LogP contribution in [0.2, 0.25) is 0 Å². The van der Waals surface area contributed by atoms with E-state index >= 15 is 0 Å².